The lowest BCUT2D eigenvalue weighted by molar-refractivity contribution is 0.556. The maximum absolute atomic E-state index is 9.33. The lowest BCUT2D eigenvalue weighted by Crippen LogP contribution is -2.04. The van der Waals surface area contributed by atoms with Crippen LogP contribution in [-0.2, 0) is 4.79 Å². The van der Waals surface area contributed by atoms with E-state index in [1.165, 1.54) is 6.08 Å². The third-order valence-electron chi connectivity index (χ3n) is 0.487. The Bertz CT molecular complexity index is 75.8. The van der Waals surface area contributed by atoms with Crippen molar-refractivity contribution in [2.24, 2.45) is 5.10 Å². The molecule has 0 saturated carbocycles. The van der Waals surface area contributed by atoms with Gasteiger partial charge in [-0.1, -0.05) is 12.0 Å². The Morgan fingerprint density at radius 2 is 2.57 bits per heavy atom. The first-order valence-electron chi connectivity index (χ1n) is 2.21. The zero-order valence-corrected chi connectivity index (χ0v) is 4.27. The smallest absolute Gasteiger partial charge is 0.258 e. The molecule has 0 aromatic rings. The first kappa shape index (κ1) is 6.18. The van der Waals surface area contributed by atoms with Crippen LogP contribution in [0.4, 0.5) is 0 Å². The van der Waals surface area contributed by atoms with Crippen LogP contribution >= 0.6 is 0 Å². The number of isocyanates is 1. The lowest BCUT2D eigenvalue weighted by atomic mass is 10.5. The Kier molecular flexibility index (Phi) is 4.57. The monoisotopic (exact) mass is 100 g/mol. The number of hydrogen-bond acceptors (Lipinski definition) is 3. The van der Waals surface area contributed by atoms with Gasteiger partial charge in [0.1, 0.15) is 0 Å². The Labute approximate surface area is 42.4 Å². The molecule has 0 unspecified atom stereocenters. The highest BCUT2D eigenvalue weighted by Gasteiger charge is 1.70. The molecular weight excluding hydrogens is 92.1 g/mol. The maximum Gasteiger partial charge on any atom is 0.258 e. The Hall–Kier alpha value is -0.820. The summed E-state index contributed by atoms with van der Waals surface area (Å²) >= 11 is 0. The van der Waals surface area contributed by atoms with Gasteiger partial charge in [-0.15, -0.1) is 0 Å². The molecule has 7 heavy (non-hydrogen) atoms. The average Bonchev–Trinajstić information content (AvgIpc) is 1.69. The van der Waals surface area contributed by atoms with E-state index in [-0.39, 0.29) is 0 Å². The van der Waals surface area contributed by atoms with Crippen LogP contribution in [0, 0.1) is 0 Å². The van der Waals surface area contributed by atoms with Crippen molar-refractivity contribution in [3.8, 4) is 0 Å². The Balaban J connectivity index is 2.83. The van der Waals surface area contributed by atoms with Crippen molar-refractivity contribution in [3.05, 3.63) is 0 Å². The number of hydrazone groups is 1. The van der Waals surface area contributed by atoms with E-state index in [2.05, 4.69) is 10.5 Å². The summed E-state index contributed by atoms with van der Waals surface area (Å²) < 4.78 is 0. The molecule has 0 atom stereocenters. The van der Waals surface area contributed by atoms with Gasteiger partial charge in [-0.3, -0.25) is 5.43 Å². The van der Waals surface area contributed by atoms with Crippen molar-refractivity contribution in [2.45, 2.75) is 13.3 Å². The fourth-order valence-corrected chi connectivity index (χ4v) is 0.200. The summed E-state index contributed by atoms with van der Waals surface area (Å²) in [7, 11) is 0. The minimum absolute atomic E-state index is 0.745. The molecule has 0 aliphatic carbocycles. The van der Waals surface area contributed by atoms with Gasteiger partial charge >= 0.3 is 0 Å². The van der Waals surface area contributed by atoms with Gasteiger partial charge in [0.2, 0.25) is 0 Å². The topological polar surface area (TPSA) is 41.5 Å². The molecule has 3 heteroatoms. The van der Waals surface area contributed by atoms with Gasteiger partial charge in [0.15, 0.2) is 0 Å². The van der Waals surface area contributed by atoms with E-state index in [0.29, 0.717) is 0 Å². The van der Waals surface area contributed by atoms with Crippen LogP contribution in [0.2, 0.25) is 0 Å². The molecule has 0 spiro atoms. The van der Waals surface area contributed by atoms with E-state index in [4.69, 9.17) is 0 Å². The molecule has 0 rings (SSSR count). The number of nitrogens with one attached hydrogen (secondary N) is 1. The van der Waals surface area contributed by atoms with Crippen molar-refractivity contribution in [2.75, 3.05) is 6.54 Å². The van der Waals surface area contributed by atoms with Gasteiger partial charge in [-0.05, 0) is 6.42 Å². The molecule has 0 aliphatic heterocycles. The summed E-state index contributed by atoms with van der Waals surface area (Å²) in [6.45, 7) is 2.74. The number of hydrogen-bond donors (Lipinski definition) is 1. The van der Waals surface area contributed by atoms with Crippen LogP contribution in [0.1, 0.15) is 13.3 Å². The molecule has 0 fully saturated rings. The highest BCUT2D eigenvalue weighted by atomic mass is 16.1. The van der Waals surface area contributed by atoms with Crippen molar-refractivity contribution >= 4 is 6.08 Å². The molecule has 0 heterocycles. The van der Waals surface area contributed by atoms with Gasteiger partial charge < -0.3 is 0 Å². The molecular formula is C4H8N2O. The highest BCUT2D eigenvalue weighted by Crippen LogP contribution is 1.65. The van der Waals surface area contributed by atoms with Gasteiger partial charge in [-0.25, -0.2) is 4.79 Å². The third kappa shape index (κ3) is 5.18. The summed E-state index contributed by atoms with van der Waals surface area (Å²) in [5, 5.41) is 3.11. The van der Waals surface area contributed by atoms with E-state index < -0.39 is 0 Å². The maximum atomic E-state index is 9.33. The normalized spacial score (nSPS) is 7.00. The summed E-state index contributed by atoms with van der Waals surface area (Å²) in [6, 6.07) is 0. The number of rotatable bonds is 3. The third-order valence-corrected chi connectivity index (χ3v) is 0.487. The minimum atomic E-state index is 0.745. The second kappa shape index (κ2) is 5.18. The Morgan fingerprint density at radius 1 is 1.86 bits per heavy atom. The molecule has 0 radical (unpaired) electrons. The van der Waals surface area contributed by atoms with E-state index in [1.54, 1.807) is 0 Å². The molecule has 0 amide bonds. The van der Waals surface area contributed by atoms with Crippen LogP contribution in [0.25, 0.3) is 0 Å². The van der Waals surface area contributed by atoms with Gasteiger partial charge in [0.25, 0.3) is 6.08 Å². The van der Waals surface area contributed by atoms with Crippen molar-refractivity contribution in [1.29, 1.82) is 0 Å². The summed E-state index contributed by atoms with van der Waals surface area (Å²) in [5.74, 6) is 0. The summed E-state index contributed by atoms with van der Waals surface area (Å²) in [4.78, 5) is 9.33. The summed E-state index contributed by atoms with van der Waals surface area (Å²) in [6.07, 6.45) is 2.34. The molecule has 0 bridgehead atoms. The predicted molar refractivity (Wildman–Crippen MR) is 26.4 cm³/mol. The van der Waals surface area contributed by atoms with Crippen LogP contribution < -0.4 is 5.43 Å². The SMILES string of the molecule is CCCNN=C=O. The standard InChI is InChI=1S/C4H8N2O/c1-2-3-5-6-4-7/h5H,2-3H2,1H3. The quantitative estimate of drug-likeness (QED) is 0.239. The van der Waals surface area contributed by atoms with Gasteiger partial charge in [0.05, 0.1) is 0 Å². The van der Waals surface area contributed by atoms with E-state index in [0.717, 1.165) is 13.0 Å². The Morgan fingerprint density at radius 3 is 3.00 bits per heavy atom. The second-order valence-corrected chi connectivity index (χ2v) is 1.11. The molecule has 0 aromatic carbocycles. The predicted octanol–water partition coefficient (Wildman–Crippen LogP) is 0.237. The minimum Gasteiger partial charge on any atom is -0.299 e. The number of carbonyl (C=O) groups excluding carboxylic acids is 1. The first-order chi connectivity index (χ1) is 3.41. The van der Waals surface area contributed by atoms with Crippen molar-refractivity contribution in [3.63, 3.8) is 0 Å². The average molecular weight is 100 g/mol. The molecule has 0 saturated heterocycles. The lowest BCUT2D eigenvalue weighted by Gasteiger charge is -1.86. The van der Waals surface area contributed by atoms with Crippen LogP contribution in [0.5, 0.6) is 0 Å². The molecule has 0 aliphatic rings. The molecule has 3 nitrogen and oxygen atoms in total. The van der Waals surface area contributed by atoms with Crippen molar-refractivity contribution < 1.29 is 4.79 Å². The highest BCUT2D eigenvalue weighted by molar-refractivity contribution is 5.31. The molecule has 1 N–H and O–H groups in total. The van der Waals surface area contributed by atoms with Crippen LogP contribution in [-0.4, -0.2) is 12.6 Å². The summed E-state index contributed by atoms with van der Waals surface area (Å²) in [5.41, 5.74) is 2.49. The van der Waals surface area contributed by atoms with Crippen LogP contribution in [0.3, 0.4) is 0 Å². The first-order valence-corrected chi connectivity index (χ1v) is 2.21. The largest absolute Gasteiger partial charge is 0.299 e. The molecule has 0 aromatic heterocycles. The van der Waals surface area contributed by atoms with E-state index in [9.17, 15) is 4.79 Å². The number of nitrogens with zero attached hydrogens (tertiary/aromatic N) is 1. The second-order valence-electron chi connectivity index (χ2n) is 1.11. The van der Waals surface area contributed by atoms with Crippen molar-refractivity contribution in [1.82, 2.24) is 5.43 Å². The zero-order chi connectivity index (χ0) is 5.54. The fourth-order valence-electron chi connectivity index (χ4n) is 0.200. The van der Waals surface area contributed by atoms with E-state index >= 15 is 0 Å². The fraction of sp³-hybridized carbons (Fsp3) is 0.750. The van der Waals surface area contributed by atoms with Gasteiger partial charge in [-0.2, -0.15) is 0 Å². The zero-order valence-electron chi connectivity index (χ0n) is 4.27. The van der Waals surface area contributed by atoms with Gasteiger partial charge in [0, 0.05) is 6.54 Å². The molecule has 40 valence electrons. The van der Waals surface area contributed by atoms with Crippen LogP contribution in [0.15, 0.2) is 5.10 Å². The van der Waals surface area contributed by atoms with E-state index in [1.807, 2.05) is 6.92 Å².